The van der Waals surface area contributed by atoms with Crippen LogP contribution in [0.25, 0.3) is 10.9 Å². The number of anilines is 1. The van der Waals surface area contributed by atoms with Gasteiger partial charge in [-0.1, -0.05) is 78.3 Å². The van der Waals surface area contributed by atoms with E-state index in [1.54, 1.807) is 76.2 Å². The lowest BCUT2D eigenvalue weighted by molar-refractivity contribution is -0.145. The molecule has 2 bridgehead atoms. The summed E-state index contributed by atoms with van der Waals surface area (Å²) >= 11 is 1.06. The van der Waals surface area contributed by atoms with Crippen molar-refractivity contribution in [3.05, 3.63) is 71.8 Å². The van der Waals surface area contributed by atoms with Gasteiger partial charge in [0.2, 0.25) is 53.2 Å². The molecular formula is C64H83N11O17S. The minimum atomic E-state index is -1.63. The van der Waals surface area contributed by atoms with Crippen LogP contribution in [-0.4, -0.2) is 193 Å². The summed E-state index contributed by atoms with van der Waals surface area (Å²) in [5.74, 6) is -16.0. The van der Waals surface area contributed by atoms with Gasteiger partial charge >= 0.3 is 0 Å². The number of fused-ring (bicyclic) bond motifs is 5. The van der Waals surface area contributed by atoms with E-state index in [2.05, 4.69) is 47.5 Å². The summed E-state index contributed by atoms with van der Waals surface area (Å²) in [5, 5.41) is 54.4. The molecule has 0 radical (unpaired) electrons. The van der Waals surface area contributed by atoms with Gasteiger partial charge in [-0.05, 0) is 47.6 Å². The van der Waals surface area contributed by atoms with E-state index in [0.29, 0.717) is 39.2 Å². The Morgan fingerprint density at radius 3 is 2.10 bits per heavy atom. The molecule has 1 saturated heterocycles. The van der Waals surface area contributed by atoms with Crippen LogP contribution in [0.4, 0.5) is 5.69 Å². The largest absolute Gasteiger partial charge is 0.394 e. The zero-order valence-corrected chi connectivity index (χ0v) is 53.6. The number of hydrogen-bond acceptors (Lipinski definition) is 18. The number of para-hydroxylation sites is 1. The quantitative estimate of drug-likeness (QED) is 0.0664. The van der Waals surface area contributed by atoms with Crippen LogP contribution >= 0.6 is 11.8 Å². The number of carbonyl (C=O) groups is 14. The Hall–Kier alpha value is -8.67. The summed E-state index contributed by atoms with van der Waals surface area (Å²) in [5.41, 5.74) is 1.91. The van der Waals surface area contributed by atoms with Crippen molar-refractivity contribution < 1.29 is 82.4 Å². The fraction of sp³-hybridized carbons (Fsp3) is 0.531. The number of H-pyrrole nitrogens is 1. The number of aliphatic hydroxyl groups excluding tert-OH is 3. The molecule has 7 rings (SSSR count). The molecule has 1 fully saturated rings. The van der Waals surface area contributed by atoms with Crippen molar-refractivity contribution in [3.63, 3.8) is 0 Å². The molecule has 4 aliphatic heterocycles. The molecule has 2 aromatic carbocycles. The number of benzene rings is 2. The summed E-state index contributed by atoms with van der Waals surface area (Å²) in [6.07, 6.45) is -3.42. The van der Waals surface area contributed by atoms with Gasteiger partial charge in [0.25, 0.3) is 11.8 Å². The molecule has 502 valence electrons. The van der Waals surface area contributed by atoms with Crippen molar-refractivity contribution in [1.82, 2.24) is 52.0 Å². The van der Waals surface area contributed by atoms with E-state index < -0.39 is 200 Å². The second-order valence-electron chi connectivity index (χ2n) is 24.6. The van der Waals surface area contributed by atoms with Gasteiger partial charge in [-0.15, -0.1) is 11.8 Å². The fourth-order valence-electron chi connectivity index (χ4n) is 11.6. The van der Waals surface area contributed by atoms with Gasteiger partial charge < -0.3 is 67.7 Å². The monoisotopic (exact) mass is 1310 g/mol. The maximum Gasteiger partial charge on any atom is 0.253 e. The number of Topliss-reactive ketones (excluding diaryl/α,β-unsaturated/α-hetero) is 3. The normalized spacial score (nSPS) is 24.0. The molecule has 93 heavy (non-hydrogen) atoms. The first-order chi connectivity index (χ1) is 44.2. The lowest BCUT2D eigenvalue weighted by Crippen LogP contribution is -2.56. The SMILES string of the molecule is CC[C@H](C)[C@@H]1NC(=O)CNC(=O)C2CC(=O)[C@H]([C@@H](C)[C@@H](O)CO)NC(=O)[C@@H]3CC(O)CN3C(=O)[C@H](CC(=O)NCc3ccc(NC(=O)[C@H](C)CC(=O)C(NC(=O)CCN4C(=O)C=CC4=O)C(C)C)cc3)CC(=O)C(CSc3[nH]c4ccccc4c3C2)NC(=O)CNC1=O. The van der Waals surface area contributed by atoms with Crippen molar-refractivity contribution in [2.75, 3.05) is 43.9 Å². The van der Waals surface area contributed by atoms with Gasteiger partial charge in [0.1, 0.15) is 12.1 Å². The number of aliphatic hydroxyl groups is 3. The fourth-order valence-corrected chi connectivity index (χ4v) is 12.7. The van der Waals surface area contributed by atoms with Gasteiger partial charge in [-0.3, -0.25) is 72.0 Å². The minimum Gasteiger partial charge on any atom is -0.394 e. The van der Waals surface area contributed by atoms with Crippen molar-refractivity contribution >= 4 is 111 Å². The van der Waals surface area contributed by atoms with Crippen LogP contribution in [0.3, 0.4) is 0 Å². The number of aromatic nitrogens is 1. The Balaban J connectivity index is 1.14. The number of ketones is 3. The smallest absolute Gasteiger partial charge is 0.253 e. The molecule has 0 spiro atoms. The molecule has 5 heterocycles. The van der Waals surface area contributed by atoms with Crippen LogP contribution in [0, 0.1) is 35.5 Å². The third kappa shape index (κ3) is 19.0. The molecule has 12 N–H and O–H groups in total. The van der Waals surface area contributed by atoms with E-state index in [0.717, 1.165) is 33.7 Å². The van der Waals surface area contributed by atoms with E-state index in [-0.39, 0.29) is 50.4 Å². The van der Waals surface area contributed by atoms with E-state index in [1.807, 2.05) is 0 Å². The van der Waals surface area contributed by atoms with Crippen LogP contribution in [0.2, 0.25) is 0 Å². The number of carbonyl (C=O) groups excluding carboxylic acids is 14. The van der Waals surface area contributed by atoms with Gasteiger partial charge in [0.15, 0.2) is 17.3 Å². The van der Waals surface area contributed by atoms with Crippen LogP contribution in [0.15, 0.2) is 65.7 Å². The lowest BCUT2D eigenvalue weighted by atomic mass is 9.85. The molecular weight excluding hydrogens is 1230 g/mol. The summed E-state index contributed by atoms with van der Waals surface area (Å²) < 4.78 is 0. The van der Waals surface area contributed by atoms with Gasteiger partial charge in [0, 0.05) is 110 Å². The number of hydrogen-bond donors (Lipinski definition) is 12. The van der Waals surface area contributed by atoms with E-state index in [9.17, 15) is 72.9 Å². The number of imide groups is 1. The first kappa shape index (κ1) is 71.8. The van der Waals surface area contributed by atoms with Crippen molar-refractivity contribution in [2.45, 2.75) is 147 Å². The highest BCUT2D eigenvalue weighted by molar-refractivity contribution is 7.99. The highest BCUT2D eigenvalue weighted by atomic mass is 32.2. The van der Waals surface area contributed by atoms with Crippen LogP contribution in [0.5, 0.6) is 0 Å². The van der Waals surface area contributed by atoms with Gasteiger partial charge in [-0.2, -0.15) is 0 Å². The molecule has 1 aromatic heterocycles. The predicted molar refractivity (Wildman–Crippen MR) is 336 cm³/mol. The Kier molecular flexibility index (Phi) is 25.3. The summed E-state index contributed by atoms with van der Waals surface area (Å²) in [6.45, 7) is 6.87. The average molecular weight is 1310 g/mol. The van der Waals surface area contributed by atoms with E-state index >= 15 is 9.59 Å². The van der Waals surface area contributed by atoms with Crippen molar-refractivity contribution in [1.29, 1.82) is 0 Å². The van der Waals surface area contributed by atoms with Crippen LogP contribution < -0.4 is 42.5 Å². The third-order valence-electron chi connectivity index (χ3n) is 17.3. The highest BCUT2D eigenvalue weighted by Gasteiger charge is 2.45. The minimum absolute atomic E-state index is 0.143. The lowest BCUT2D eigenvalue weighted by Gasteiger charge is -2.32. The first-order valence-electron chi connectivity index (χ1n) is 31.2. The average Bonchev–Trinajstić information content (AvgIpc) is 1.69. The molecule has 11 amide bonds. The van der Waals surface area contributed by atoms with Crippen LogP contribution in [-0.2, 0) is 80.1 Å². The molecule has 4 unspecified atom stereocenters. The number of nitrogens with zero attached hydrogens (tertiary/aromatic N) is 2. The molecule has 0 aliphatic carbocycles. The van der Waals surface area contributed by atoms with E-state index in [1.165, 1.54) is 13.8 Å². The molecule has 28 nitrogen and oxygen atoms in total. The van der Waals surface area contributed by atoms with Crippen LogP contribution in [0.1, 0.15) is 97.6 Å². The summed E-state index contributed by atoms with van der Waals surface area (Å²) in [7, 11) is 0. The maximum atomic E-state index is 15.1. The van der Waals surface area contributed by atoms with Crippen molar-refractivity contribution in [2.24, 2.45) is 35.5 Å². The van der Waals surface area contributed by atoms with Crippen molar-refractivity contribution in [3.8, 4) is 0 Å². The Morgan fingerprint density at radius 2 is 1.43 bits per heavy atom. The molecule has 12 atom stereocenters. The van der Waals surface area contributed by atoms with Gasteiger partial charge in [0.05, 0.1) is 61.0 Å². The Labute approximate surface area is 541 Å². The first-order valence-corrected chi connectivity index (χ1v) is 32.2. The number of amides is 11. The number of aromatic amines is 1. The zero-order chi connectivity index (χ0) is 68.0. The topological polar surface area (TPSA) is 418 Å². The molecule has 0 saturated carbocycles. The summed E-state index contributed by atoms with van der Waals surface area (Å²) in [6, 6.07) is 6.49. The number of thioether (sulfide) groups is 1. The summed E-state index contributed by atoms with van der Waals surface area (Å²) in [4.78, 5) is 198. The Bertz CT molecular complexity index is 3370. The van der Waals surface area contributed by atoms with E-state index in [4.69, 9.17) is 0 Å². The maximum absolute atomic E-state index is 15.1. The molecule has 29 heteroatoms. The Morgan fingerprint density at radius 1 is 0.763 bits per heavy atom. The molecule has 3 aromatic rings. The number of rotatable bonds is 19. The zero-order valence-electron chi connectivity index (χ0n) is 52.7. The number of nitrogens with one attached hydrogen (secondary N) is 9. The third-order valence-corrected chi connectivity index (χ3v) is 18.5. The standard InChI is InChI=1S/C64H83N11O17S/c1-7-33(4)57-62(91)67-27-52(84)69-44-31-93-63-42(41-10-8-9-11-43(41)70-63)21-37(60(89)66-28-53(85)72-57)22-48(80)58(35(6)49(81)30-76)73-61(90)45-25-40(77)29-75(45)64(92)38(23-46(44)78)24-51(83)65-26-36-12-14-39(15-13-36)68-59(88)34(5)20-47(79)56(32(2)3)71-50(82)18-19-74-54(86)16-17-55(74)87/h8-17,32-35,37-38,40,44-45,49,56-58,70,76-77,81H,7,18-31H2,1-6H3,(H,65,83)(H,66,89)(H,67,91)(H,68,88)(H,69,84)(H,71,82)(H,72,85)(H,73,90)/t33-,34+,35-,37?,38-,40?,44?,45-,49-,56?,57-,58-/m0/s1. The molecule has 4 aliphatic rings. The van der Waals surface area contributed by atoms with Gasteiger partial charge in [-0.25, -0.2) is 0 Å². The predicted octanol–water partition coefficient (Wildman–Crippen LogP) is -0.639. The highest BCUT2D eigenvalue weighted by Crippen LogP contribution is 2.35. The second kappa shape index (κ2) is 32.7. The second-order valence-corrected chi connectivity index (χ2v) is 25.7.